The monoisotopic (exact) mass is 295 g/mol. The third-order valence-corrected chi connectivity index (χ3v) is 4.12. The van der Waals surface area contributed by atoms with Crippen LogP contribution < -0.4 is 4.72 Å². The molecule has 0 aliphatic heterocycles. The first-order valence-corrected chi connectivity index (χ1v) is 7.97. The topological polar surface area (TPSA) is 46.2 Å². The van der Waals surface area contributed by atoms with Gasteiger partial charge in [-0.3, -0.25) is 4.72 Å². The molecule has 0 aliphatic rings. The summed E-state index contributed by atoms with van der Waals surface area (Å²) in [4.78, 5) is 0. The first-order valence-electron chi connectivity index (χ1n) is 5.78. The molecule has 0 bridgehead atoms. The molecule has 0 fully saturated rings. The van der Waals surface area contributed by atoms with Crippen molar-refractivity contribution in [3.05, 3.63) is 65.7 Å². The number of rotatable bonds is 5. The van der Waals surface area contributed by atoms with Crippen LogP contribution in [0.5, 0.6) is 0 Å². The Hall–Kier alpha value is -1.52. The first-order chi connectivity index (χ1) is 9.09. The summed E-state index contributed by atoms with van der Waals surface area (Å²) >= 11 is 5.72. The van der Waals surface area contributed by atoms with Crippen molar-refractivity contribution < 1.29 is 8.42 Å². The van der Waals surface area contributed by atoms with E-state index in [2.05, 4.69) is 4.72 Å². The van der Waals surface area contributed by atoms with E-state index in [1.54, 1.807) is 30.3 Å². The van der Waals surface area contributed by atoms with Crippen LogP contribution >= 0.6 is 11.6 Å². The Balaban J connectivity index is 2.12. The number of nitrogens with one attached hydrogen (secondary N) is 1. The Morgan fingerprint density at radius 1 is 0.947 bits per heavy atom. The number of sulfonamides is 1. The van der Waals surface area contributed by atoms with Crippen LogP contribution in [-0.4, -0.2) is 8.42 Å². The maximum absolute atomic E-state index is 12.0. The van der Waals surface area contributed by atoms with Gasteiger partial charge in [-0.25, -0.2) is 8.42 Å². The summed E-state index contributed by atoms with van der Waals surface area (Å²) in [6.45, 7) is 0. The molecule has 0 amide bonds. The van der Waals surface area contributed by atoms with Gasteiger partial charge in [-0.05, 0) is 23.3 Å². The molecule has 0 radical (unpaired) electrons. The van der Waals surface area contributed by atoms with E-state index in [9.17, 15) is 8.42 Å². The highest BCUT2D eigenvalue weighted by Gasteiger charge is 2.11. The second-order valence-electron chi connectivity index (χ2n) is 4.18. The maximum atomic E-state index is 12.0. The molecule has 100 valence electrons. The average Bonchev–Trinajstić information content (AvgIpc) is 2.39. The van der Waals surface area contributed by atoms with Crippen molar-refractivity contribution >= 4 is 27.3 Å². The van der Waals surface area contributed by atoms with Crippen LogP contribution in [0.4, 0.5) is 5.69 Å². The molecule has 0 aliphatic carbocycles. The summed E-state index contributed by atoms with van der Waals surface area (Å²) in [5, 5.41) is 0. The zero-order chi connectivity index (χ0) is 13.7. The van der Waals surface area contributed by atoms with Gasteiger partial charge >= 0.3 is 0 Å². The molecule has 0 unspecified atom stereocenters. The summed E-state index contributed by atoms with van der Waals surface area (Å²) in [5.74, 6) is 0.313. The Morgan fingerprint density at radius 2 is 1.63 bits per heavy atom. The molecule has 0 spiro atoms. The number of halogens is 1. The zero-order valence-corrected chi connectivity index (χ0v) is 11.8. The number of alkyl halides is 1. The van der Waals surface area contributed by atoms with E-state index in [0.717, 1.165) is 11.1 Å². The van der Waals surface area contributed by atoms with E-state index in [1.165, 1.54) is 0 Å². The molecule has 0 saturated heterocycles. The second-order valence-corrected chi connectivity index (χ2v) is 6.17. The Kier molecular flexibility index (Phi) is 4.45. The quantitative estimate of drug-likeness (QED) is 0.860. The van der Waals surface area contributed by atoms with Gasteiger partial charge in [0.15, 0.2) is 0 Å². The molecule has 5 heteroatoms. The van der Waals surface area contributed by atoms with E-state index in [1.807, 2.05) is 24.3 Å². The summed E-state index contributed by atoms with van der Waals surface area (Å²) in [5.41, 5.74) is 2.17. The molecule has 2 aromatic rings. The lowest BCUT2D eigenvalue weighted by Crippen LogP contribution is -2.15. The van der Waals surface area contributed by atoms with Crippen LogP contribution in [0.25, 0.3) is 0 Å². The van der Waals surface area contributed by atoms with Gasteiger partial charge in [0, 0.05) is 11.6 Å². The van der Waals surface area contributed by atoms with E-state index in [0.29, 0.717) is 11.6 Å². The van der Waals surface area contributed by atoms with E-state index < -0.39 is 10.0 Å². The molecule has 0 atom stereocenters. The summed E-state index contributed by atoms with van der Waals surface area (Å²) in [6, 6.07) is 16.1. The van der Waals surface area contributed by atoms with Crippen molar-refractivity contribution in [2.45, 2.75) is 11.6 Å². The van der Waals surface area contributed by atoms with Gasteiger partial charge < -0.3 is 0 Å². The van der Waals surface area contributed by atoms with Crippen molar-refractivity contribution in [2.75, 3.05) is 4.72 Å². The third-order valence-electron chi connectivity index (χ3n) is 2.55. The zero-order valence-electron chi connectivity index (χ0n) is 10.2. The van der Waals surface area contributed by atoms with Crippen LogP contribution in [0.1, 0.15) is 11.1 Å². The summed E-state index contributed by atoms with van der Waals surface area (Å²) < 4.78 is 26.6. The first kappa shape index (κ1) is 13.9. The third kappa shape index (κ3) is 4.26. The van der Waals surface area contributed by atoms with Crippen LogP contribution in [0.2, 0.25) is 0 Å². The number of benzene rings is 2. The predicted octanol–water partition coefficient (Wildman–Crippen LogP) is 3.37. The lowest BCUT2D eigenvalue weighted by atomic mass is 10.2. The van der Waals surface area contributed by atoms with Crippen molar-refractivity contribution in [2.24, 2.45) is 0 Å². The lowest BCUT2D eigenvalue weighted by molar-refractivity contribution is 0.600. The van der Waals surface area contributed by atoms with Crippen molar-refractivity contribution in [1.82, 2.24) is 0 Å². The standard InChI is InChI=1S/C14H14ClNO2S/c15-10-13-7-4-8-14(9-13)16-19(17,18)11-12-5-2-1-3-6-12/h1-9,16H,10-11H2. The van der Waals surface area contributed by atoms with Crippen molar-refractivity contribution in [3.8, 4) is 0 Å². The fraction of sp³-hybridized carbons (Fsp3) is 0.143. The highest BCUT2D eigenvalue weighted by Crippen LogP contribution is 2.15. The fourth-order valence-electron chi connectivity index (χ4n) is 1.73. The molecule has 0 heterocycles. The van der Waals surface area contributed by atoms with Gasteiger partial charge in [0.1, 0.15) is 0 Å². The van der Waals surface area contributed by atoms with Crippen LogP contribution in [0.15, 0.2) is 54.6 Å². The highest BCUT2D eigenvalue weighted by atomic mass is 35.5. The minimum Gasteiger partial charge on any atom is -0.283 e. The molecular weight excluding hydrogens is 282 g/mol. The average molecular weight is 296 g/mol. The normalized spacial score (nSPS) is 11.2. The number of hydrogen-bond acceptors (Lipinski definition) is 2. The predicted molar refractivity (Wildman–Crippen MR) is 78.7 cm³/mol. The maximum Gasteiger partial charge on any atom is 0.236 e. The van der Waals surface area contributed by atoms with Gasteiger partial charge in [0.2, 0.25) is 10.0 Å². The lowest BCUT2D eigenvalue weighted by Gasteiger charge is -2.09. The largest absolute Gasteiger partial charge is 0.283 e. The highest BCUT2D eigenvalue weighted by molar-refractivity contribution is 7.91. The van der Waals surface area contributed by atoms with E-state index >= 15 is 0 Å². The SMILES string of the molecule is O=S(=O)(Cc1ccccc1)Nc1cccc(CCl)c1. The molecule has 2 aromatic carbocycles. The van der Waals surface area contributed by atoms with Gasteiger partial charge in [-0.1, -0.05) is 42.5 Å². The van der Waals surface area contributed by atoms with Gasteiger partial charge in [0.05, 0.1) is 5.75 Å². The minimum atomic E-state index is -3.41. The molecule has 0 saturated carbocycles. The van der Waals surface area contributed by atoms with Crippen LogP contribution in [-0.2, 0) is 21.7 Å². The second kappa shape index (κ2) is 6.08. The van der Waals surface area contributed by atoms with Crippen LogP contribution in [0.3, 0.4) is 0 Å². The Bertz CT molecular complexity index is 642. The Morgan fingerprint density at radius 3 is 2.32 bits per heavy atom. The summed E-state index contributed by atoms with van der Waals surface area (Å²) in [7, 11) is -3.41. The van der Waals surface area contributed by atoms with Gasteiger partial charge in [0.25, 0.3) is 0 Å². The molecule has 2 rings (SSSR count). The number of hydrogen-bond donors (Lipinski definition) is 1. The molecule has 1 N–H and O–H groups in total. The molecule has 19 heavy (non-hydrogen) atoms. The van der Waals surface area contributed by atoms with Gasteiger partial charge in [-0.2, -0.15) is 0 Å². The van der Waals surface area contributed by atoms with E-state index in [-0.39, 0.29) is 5.75 Å². The smallest absolute Gasteiger partial charge is 0.236 e. The fourth-order valence-corrected chi connectivity index (χ4v) is 3.08. The molecule has 0 aromatic heterocycles. The molecular formula is C14H14ClNO2S. The van der Waals surface area contributed by atoms with Crippen molar-refractivity contribution in [1.29, 1.82) is 0 Å². The van der Waals surface area contributed by atoms with E-state index in [4.69, 9.17) is 11.6 Å². The van der Waals surface area contributed by atoms with Gasteiger partial charge in [-0.15, -0.1) is 11.6 Å². The van der Waals surface area contributed by atoms with Crippen LogP contribution in [0, 0.1) is 0 Å². The summed E-state index contributed by atoms with van der Waals surface area (Å²) in [6.07, 6.45) is 0. The minimum absolute atomic E-state index is 0.0427. The molecule has 3 nitrogen and oxygen atoms in total. The van der Waals surface area contributed by atoms with Crippen molar-refractivity contribution in [3.63, 3.8) is 0 Å². The number of anilines is 1. The Labute approximate surface area is 118 Å².